The summed E-state index contributed by atoms with van der Waals surface area (Å²) in [6.45, 7) is 6.59. The smallest absolute Gasteiger partial charge is 0.242 e. The highest BCUT2D eigenvalue weighted by molar-refractivity contribution is 5.93. The van der Waals surface area contributed by atoms with Crippen molar-refractivity contribution in [2.24, 2.45) is 5.92 Å². The number of ketones is 1. The molecule has 2 aromatic rings. The molecule has 39 heavy (non-hydrogen) atoms. The number of unbranched alkanes of at least 4 members (excludes halogenated alkanes) is 2. The van der Waals surface area contributed by atoms with Crippen LogP contribution in [0.15, 0.2) is 18.2 Å². The van der Waals surface area contributed by atoms with E-state index in [-0.39, 0.29) is 24.0 Å². The molecule has 2 aliphatic rings. The standard InChI is InChI=1S/C31H46N4O4/c1-21(36)10-5-4-6-12-28(31(38)32-20-23-11-9-17-35-16-8-7-13-29(23)35)34-30(37)19-25-22(2)33-27-15-14-24(39-3)18-26(25)27/h14-15,18,23,28-29,33H,4-13,16-17,19-20H2,1-3H3,(H,32,38)(H,34,37)/t23?,28-,29+/m0/s1. The molecule has 2 aliphatic heterocycles. The number of rotatable bonds is 13. The van der Waals surface area contributed by atoms with Crippen LogP contribution < -0.4 is 15.4 Å². The molecule has 1 aromatic heterocycles. The van der Waals surface area contributed by atoms with Crippen molar-refractivity contribution < 1.29 is 19.1 Å². The molecule has 0 saturated carbocycles. The number of carbonyl (C=O) groups is 3. The van der Waals surface area contributed by atoms with E-state index in [0.29, 0.717) is 31.3 Å². The van der Waals surface area contributed by atoms with Gasteiger partial charge in [-0.15, -0.1) is 0 Å². The van der Waals surface area contributed by atoms with Gasteiger partial charge in [0.05, 0.1) is 13.5 Å². The second-order valence-electron chi connectivity index (χ2n) is 11.5. The number of H-pyrrole nitrogens is 1. The fraction of sp³-hybridized carbons (Fsp3) is 0.645. The molecular weight excluding hydrogens is 492 g/mol. The van der Waals surface area contributed by atoms with Crippen LogP contribution in [0.2, 0.25) is 0 Å². The zero-order valence-corrected chi connectivity index (χ0v) is 23.9. The molecule has 214 valence electrons. The highest BCUT2D eigenvalue weighted by Crippen LogP contribution is 2.30. The molecule has 3 heterocycles. The van der Waals surface area contributed by atoms with Crippen LogP contribution in [0, 0.1) is 12.8 Å². The molecular formula is C31H46N4O4. The van der Waals surface area contributed by atoms with Gasteiger partial charge in [-0.2, -0.15) is 0 Å². The van der Waals surface area contributed by atoms with Crippen LogP contribution in [0.25, 0.3) is 10.9 Å². The maximum atomic E-state index is 13.4. The number of Topliss-reactive ketones (excluding diaryl/α,β-unsaturated/α-hetero) is 1. The third kappa shape index (κ3) is 7.84. The van der Waals surface area contributed by atoms with Crippen molar-refractivity contribution in [1.29, 1.82) is 0 Å². The van der Waals surface area contributed by atoms with E-state index < -0.39 is 6.04 Å². The number of benzene rings is 1. The summed E-state index contributed by atoms with van der Waals surface area (Å²) in [4.78, 5) is 43.9. The van der Waals surface area contributed by atoms with Crippen molar-refractivity contribution in [1.82, 2.24) is 20.5 Å². The first-order chi connectivity index (χ1) is 18.9. The summed E-state index contributed by atoms with van der Waals surface area (Å²) in [7, 11) is 1.63. The molecule has 3 atom stereocenters. The Bertz CT molecular complexity index is 1140. The summed E-state index contributed by atoms with van der Waals surface area (Å²) >= 11 is 0. The van der Waals surface area contributed by atoms with Gasteiger partial charge in [-0.3, -0.25) is 9.59 Å². The first kappa shape index (κ1) is 29.1. The normalized spacial score (nSPS) is 20.3. The molecule has 0 bridgehead atoms. The van der Waals surface area contributed by atoms with Gasteiger partial charge in [0.1, 0.15) is 17.6 Å². The predicted molar refractivity (Wildman–Crippen MR) is 154 cm³/mol. The molecule has 1 aromatic carbocycles. The quantitative estimate of drug-likeness (QED) is 0.327. The van der Waals surface area contributed by atoms with E-state index >= 15 is 0 Å². The second-order valence-corrected chi connectivity index (χ2v) is 11.5. The number of ether oxygens (including phenoxy) is 1. The highest BCUT2D eigenvalue weighted by atomic mass is 16.5. The molecule has 0 spiro atoms. The number of hydrogen-bond acceptors (Lipinski definition) is 5. The third-order valence-corrected chi connectivity index (χ3v) is 8.60. The molecule has 8 nitrogen and oxygen atoms in total. The average Bonchev–Trinajstić information content (AvgIpc) is 3.24. The number of aromatic amines is 1. The van der Waals surface area contributed by atoms with Crippen LogP contribution in [-0.2, 0) is 20.8 Å². The van der Waals surface area contributed by atoms with Crippen LogP contribution in [-0.4, -0.2) is 66.3 Å². The molecule has 2 amide bonds. The second kappa shape index (κ2) is 14.0. The Morgan fingerprint density at radius 2 is 1.92 bits per heavy atom. The Kier molecular flexibility index (Phi) is 10.4. The van der Waals surface area contributed by atoms with Crippen LogP contribution in [0.4, 0.5) is 0 Å². The van der Waals surface area contributed by atoms with Gasteiger partial charge in [-0.1, -0.05) is 19.3 Å². The van der Waals surface area contributed by atoms with E-state index in [4.69, 9.17) is 4.74 Å². The molecule has 1 unspecified atom stereocenters. The van der Waals surface area contributed by atoms with Gasteiger partial charge in [-0.05, 0) is 95.1 Å². The zero-order chi connectivity index (χ0) is 27.8. The van der Waals surface area contributed by atoms with Crippen molar-refractivity contribution >= 4 is 28.5 Å². The Morgan fingerprint density at radius 3 is 2.72 bits per heavy atom. The van der Waals surface area contributed by atoms with Gasteiger partial charge >= 0.3 is 0 Å². The molecule has 0 radical (unpaired) electrons. The number of amides is 2. The summed E-state index contributed by atoms with van der Waals surface area (Å²) < 4.78 is 5.38. The number of nitrogens with one attached hydrogen (secondary N) is 3. The van der Waals surface area contributed by atoms with Gasteiger partial charge in [-0.25, -0.2) is 0 Å². The average molecular weight is 539 g/mol. The van der Waals surface area contributed by atoms with Gasteiger partial charge in [0, 0.05) is 35.6 Å². The predicted octanol–water partition coefficient (Wildman–Crippen LogP) is 4.43. The van der Waals surface area contributed by atoms with Crippen molar-refractivity contribution in [3.05, 3.63) is 29.5 Å². The number of carbonyl (C=O) groups excluding carboxylic acids is 3. The molecule has 0 aliphatic carbocycles. The lowest BCUT2D eigenvalue weighted by molar-refractivity contribution is -0.129. The third-order valence-electron chi connectivity index (χ3n) is 8.60. The van der Waals surface area contributed by atoms with Crippen LogP contribution in [0.1, 0.15) is 82.4 Å². The first-order valence-corrected chi connectivity index (χ1v) is 14.8. The minimum Gasteiger partial charge on any atom is -0.497 e. The summed E-state index contributed by atoms with van der Waals surface area (Å²) in [5, 5.41) is 7.21. The van der Waals surface area contributed by atoms with E-state index in [1.54, 1.807) is 14.0 Å². The maximum Gasteiger partial charge on any atom is 0.242 e. The van der Waals surface area contributed by atoms with E-state index in [1.165, 1.54) is 38.8 Å². The van der Waals surface area contributed by atoms with E-state index in [9.17, 15) is 14.4 Å². The number of hydrogen-bond donors (Lipinski definition) is 3. The molecule has 8 heteroatoms. The highest BCUT2D eigenvalue weighted by Gasteiger charge is 2.33. The summed E-state index contributed by atoms with van der Waals surface area (Å²) in [5.41, 5.74) is 2.81. The lowest BCUT2D eigenvalue weighted by atomic mass is 9.83. The Hall–Kier alpha value is -2.87. The fourth-order valence-corrected chi connectivity index (χ4v) is 6.46. The van der Waals surface area contributed by atoms with E-state index in [2.05, 4.69) is 20.5 Å². The lowest BCUT2D eigenvalue weighted by Crippen LogP contribution is -2.53. The van der Waals surface area contributed by atoms with Crippen LogP contribution >= 0.6 is 0 Å². The van der Waals surface area contributed by atoms with Crippen molar-refractivity contribution in [2.75, 3.05) is 26.7 Å². The first-order valence-electron chi connectivity index (χ1n) is 14.8. The minimum absolute atomic E-state index is 0.0971. The fourth-order valence-electron chi connectivity index (χ4n) is 6.46. The SMILES string of the molecule is COc1ccc2[nH]c(C)c(CC(=O)N[C@@H](CCCCCC(C)=O)C(=O)NCC3CCCN4CCCC[C@H]34)c2c1. The molecule has 2 fully saturated rings. The Morgan fingerprint density at radius 1 is 1.10 bits per heavy atom. The summed E-state index contributed by atoms with van der Waals surface area (Å²) in [6.07, 6.45) is 9.86. The van der Waals surface area contributed by atoms with Gasteiger partial charge in [0.2, 0.25) is 11.8 Å². The topological polar surface area (TPSA) is 104 Å². The Balaban J connectivity index is 1.39. The van der Waals surface area contributed by atoms with E-state index in [0.717, 1.165) is 53.6 Å². The summed E-state index contributed by atoms with van der Waals surface area (Å²) in [6, 6.07) is 5.78. The van der Waals surface area contributed by atoms with Crippen LogP contribution in [0.3, 0.4) is 0 Å². The largest absolute Gasteiger partial charge is 0.497 e. The number of methoxy groups -OCH3 is 1. The van der Waals surface area contributed by atoms with Gasteiger partial charge in [0.15, 0.2) is 0 Å². The van der Waals surface area contributed by atoms with Crippen molar-refractivity contribution in [3.8, 4) is 5.75 Å². The lowest BCUT2D eigenvalue weighted by Gasteiger charge is -2.44. The number of fused-ring (bicyclic) bond motifs is 2. The van der Waals surface area contributed by atoms with Gasteiger partial charge < -0.3 is 30.0 Å². The van der Waals surface area contributed by atoms with E-state index in [1.807, 2.05) is 25.1 Å². The minimum atomic E-state index is -0.582. The zero-order valence-electron chi connectivity index (χ0n) is 23.9. The van der Waals surface area contributed by atoms with Crippen molar-refractivity contribution in [2.45, 2.75) is 96.6 Å². The number of piperidine rings is 2. The number of aryl methyl sites for hydroxylation is 1. The monoisotopic (exact) mass is 538 g/mol. The summed E-state index contributed by atoms with van der Waals surface area (Å²) in [5.74, 6) is 1.14. The molecule has 3 N–H and O–H groups in total. The number of nitrogens with zero attached hydrogens (tertiary/aromatic N) is 1. The van der Waals surface area contributed by atoms with Gasteiger partial charge in [0.25, 0.3) is 0 Å². The Labute approximate surface area is 232 Å². The molecule has 4 rings (SSSR count). The maximum absolute atomic E-state index is 13.4. The van der Waals surface area contributed by atoms with Crippen LogP contribution in [0.5, 0.6) is 5.75 Å². The van der Waals surface area contributed by atoms with Crippen molar-refractivity contribution in [3.63, 3.8) is 0 Å². The number of aromatic nitrogens is 1. The molecule has 2 saturated heterocycles.